The molecule has 6 heterocycles. The van der Waals surface area contributed by atoms with Crippen molar-refractivity contribution < 1.29 is 41.6 Å². The van der Waals surface area contributed by atoms with E-state index < -0.39 is 62.3 Å². The number of anilines is 2. The van der Waals surface area contributed by atoms with E-state index in [1.54, 1.807) is 6.33 Å². The average Bonchev–Trinajstić information content (AvgIpc) is 3.30. The average molecular weight is 713 g/mol. The van der Waals surface area contributed by atoms with Gasteiger partial charge < -0.3 is 30.4 Å². The second kappa shape index (κ2) is 10.8. The number of fused-ring (bicyclic) bond motifs is 7. The molecule has 2 unspecified atom stereocenters. The van der Waals surface area contributed by atoms with Gasteiger partial charge in [0.2, 0.25) is 5.95 Å². The number of phosphoric ester groups is 1. The van der Waals surface area contributed by atoms with E-state index in [9.17, 15) is 18.8 Å². The summed E-state index contributed by atoms with van der Waals surface area (Å²) >= 11 is 4.29. The summed E-state index contributed by atoms with van der Waals surface area (Å²) in [6, 6.07) is 0. The number of ether oxygens (including phenoxy) is 2. The van der Waals surface area contributed by atoms with Crippen LogP contribution in [0.15, 0.2) is 23.8 Å². The van der Waals surface area contributed by atoms with Gasteiger partial charge in [0.05, 0.1) is 37.5 Å². The third-order valence-electron chi connectivity index (χ3n) is 9.68. The molecule has 0 spiro atoms. The van der Waals surface area contributed by atoms with Crippen LogP contribution in [0.1, 0.15) is 19.6 Å². The fourth-order valence-electron chi connectivity index (χ4n) is 7.57. The fourth-order valence-corrected chi connectivity index (χ4v) is 10.1. The normalized spacial score (nSPS) is 40.4. The molecule has 4 aliphatic rings. The monoisotopic (exact) mass is 712 g/mol. The number of nitrogens with one attached hydrogen (secondary N) is 1. The molecule has 8 rings (SSSR count). The Morgan fingerprint density at radius 3 is 2.66 bits per heavy atom. The molecule has 4 aromatic heterocycles. The van der Waals surface area contributed by atoms with Crippen LogP contribution >= 0.6 is 26.9 Å². The van der Waals surface area contributed by atoms with E-state index in [4.69, 9.17) is 39.0 Å². The molecule has 6 N–H and O–H groups in total. The van der Waals surface area contributed by atoms with Crippen molar-refractivity contribution in [3.63, 3.8) is 0 Å². The van der Waals surface area contributed by atoms with Crippen molar-refractivity contribution in [3.8, 4) is 0 Å². The van der Waals surface area contributed by atoms with Gasteiger partial charge in [-0.3, -0.25) is 32.4 Å². The van der Waals surface area contributed by atoms with E-state index >= 15 is 0 Å². The van der Waals surface area contributed by atoms with Crippen LogP contribution in [-0.4, -0.2) is 88.7 Å². The summed E-state index contributed by atoms with van der Waals surface area (Å²) < 4.78 is 65.7. The van der Waals surface area contributed by atoms with E-state index in [1.165, 1.54) is 24.3 Å². The van der Waals surface area contributed by atoms with Gasteiger partial charge in [-0.25, -0.2) is 29.1 Å². The van der Waals surface area contributed by atoms with Gasteiger partial charge in [-0.15, -0.1) is 0 Å². The summed E-state index contributed by atoms with van der Waals surface area (Å²) in [5, 5.41) is 0. The Labute approximate surface area is 269 Å². The fraction of sp³-hybridized carbons (Fsp3) is 0.583. The maximum atomic E-state index is 13.8. The second-order valence-corrected chi connectivity index (χ2v) is 16.3. The minimum atomic E-state index is -4.85. The summed E-state index contributed by atoms with van der Waals surface area (Å²) in [5.74, 6) is -1.01. The highest BCUT2D eigenvalue weighted by Gasteiger charge is 2.72. The zero-order valence-corrected chi connectivity index (χ0v) is 27.4. The lowest BCUT2D eigenvalue weighted by Gasteiger charge is -2.31. The first-order valence-corrected chi connectivity index (χ1v) is 18.7. The van der Waals surface area contributed by atoms with Crippen molar-refractivity contribution in [3.05, 3.63) is 29.3 Å². The van der Waals surface area contributed by atoms with E-state index in [2.05, 4.69) is 42.2 Å². The van der Waals surface area contributed by atoms with E-state index in [-0.39, 0.29) is 48.0 Å². The van der Waals surface area contributed by atoms with Crippen LogP contribution in [-0.2, 0) is 42.2 Å². The van der Waals surface area contributed by atoms with Gasteiger partial charge in [0.15, 0.2) is 28.9 Å². The van der Waals surface area contributed by atoms with E-state index in [1.807, 2.05) is 11.5 Å². The molecule has 4 aromatic rings. The van der Waals surface area contributed by atoms with Crippen LogP contribution in [0.4, 0.5) is 11.8 Å². The molecule has 0 aromatic carbocycles. The van der Waals surface area contributed by atoms with Crippen LogP contribution in [0.3, 0.4) is 0 Å². The number of H-pyrrole nitrogens is 1. The van der Waals surface area contributed by atoms with Gasteiger partial charge in [-0.05, 0) is 12.3 Å². The lowest BCUT2D eigenvalue weighted by Crippen LogP contribution is -2.37. The zero-order chi connectivity index (χ0) is 33.0. The number of hydrogen-bond donors (Lipinski definition) is 5. The number of aromatic nitrogens is 8. The molecule has 23 heteroatoms. The molecule has 0 amide bonds. The Bertz CT molecular complexity index is 2060. The number of methoxy groups -OCH3 is 1. The van der Waals surface area contributed by atoms with Gasteiger partial charge in [0.25, 0.3) is 5.56 Å². The summed E-state index contributed by atoms with van der Waals surface area (Å²) in [4.78, 5) is 47.0. The van der Waals surface area contributed by atoms with Gasteiger partial charge in [0.1, 0.15) is 30.2 Å². The van der Waals surface area contributed by atoms with Gasteiger partial charge in [-0.2, -0.15) is 4.98 Å². The number of phosphoric acid groups is 1. The molecular weight excluding hydrogens is 682 g/mol. The quantitative estimate of drug-likeness (QED) is 0.146. The van der Waals surface area contributed by atoms with E-state index in [0.717, 1.165) is 0 Å². The molecule has 47 heavy (non-hydrogen) atoms. The summed E-state index contributed by atoms with van der Waals surface area (Å²) in [6.07, 6.45) is -0.603. The van der Waals surface area contributed by atoms with Crippen molar-refractivity contribution in [2.75, 3.05) is 31.8 Å². The van der Waals surface area contributed by atoms with Crippen molar-refractivity contribution in [1.82, 2.24) is 39.0 Å². The minimum Gasteiger partial charge on any atom is -0.382 e. The molecule has 11 atom stereocenters. The van der Waals surface area contributed by atoms with Gasteiger partial charge >= 0.3 is 14.6 Å². The third kappa shape index (κ3) is 4.86. The molecule has 2 aliphatic carbocycles. The first kappa shape index (κ1) is 31.3. The number of nitrogen functional groups attached to an aromatic ring is 2. The second-order valence-electron chi connectivity index (χ2n) is 12.0. The van der Waals surface area contributed by atoms with Crippen LogP contribution in [0.25, 0.3) is 22.3 Å². The lowest BCUT2D eigenvalue weighted by atomic mass is 9.94. The number of nitrogens with zero attached hydrogens (tertiary/aromatic N) is 7. The number of hydrogen-bond acceptors (Lipinski definition) is 16. The number of thiol groups is 1. The van der Waals surface area contributed by atoms with Crippen LogP contribution in [0.5, 0.6) is 0 Å². The summed E-state index contributed by atoms with van der Waals surface area (Å²) in [7, 11) is -3.52. The number of nitrogens with two attached hydrogens (primary N) is 2. The molecule has 20 nitrogen and oxygen atoms in total. The van der Waals surface area contributed by atoms with Crippen LogP contribution in [0.2, 0.25) is 0 Å². The minimum absolute atomic E-state index is 0.0196. The molecule has 4 fully saturated rings. The van der Waals surface area contributed by atoms with Crippen LogP contribution in [0, 0.1) is 17.8 Å². The lowest BCUT2D eigenvalue weighted by molar-refractivity contribution is -0.0547. The number of rotatable bonds is 3. The molecule has 2 bridgehead atoms. The maximum absolute atomic E-state index is 13.8. The topological polar surface area (TPSA) is 269 Å². The van der Waals surface area contributed by atoms with Crippen molar-refractivity contribution in [2.24, 2.45) is 17.8 Å². The zero-order valence-electron chi connectivity index (χ0n) is 24.7. The summed E-state index contributed by atoms with van der Waals surface area (Å²) in [5.41, 5.74) is 11.5. The smallest absolute Gasteiger partial charge is 0.382 e. The van der Waals surface area contributed by atoms with Gasteiger partial charge in [-0.1, -0.05) is 19.2 Å². The third-order valence-corrected chi connectivity index (χ3v) is 12.3. The number of imidazole rings is 2. The summed E-state index contributed by atoms with van der Waals surface area (Å²) in [6.45, 7) is -2.87. The predicted octanol–water partition coefficient (Wildman–Crippen LogP) is 0.973. The number of aromatic amines is 1. The highest BCUT2D eigenvalue weighted by atomic mass is 32.7. The highest BCUT2D eigenvalue weighted by molar-refractivity contribution is 8.44. The molecule has 2 saturated carbocycles. The molecule has 2 aliphatic heterocycles. The first-order chi connectivity index (χ1) is 22.3. The van der Waals surface area contributed by atoms with E-state index in [0.29, 0.717) is 17.6 Å². The maximum Gasteiger partial charge on any atom is 0.472 e. The van der Waals surface area contributed by atoms with Crippen LogP contribution < -0.4 is 17.0 Å². The largest absolute Gasteiger partial charge is 0.472 e. The van der Waals surface area contributed by atoms with Crippen molar-refractivity contribution in [2.45, 2.75) is 49.5 Å². The molecule has 0 radical (unpaired) electrons. The Kier molecular flexibility index (Phi) is 7.17. The van der Waals surface area contributed by atoms with Crippen molar-refractivity contribution >= 4 is 61.0 Å². The molecule has 2 saturated heterocycles. The highest BCUT2D eigenvalue weighted by Crippen LogP contribution is 2.71. The standard InChI is InChI=1S/C24H30N10O10P2S/c1-9-15-10(11-3-24(9,11)34-8-30-13-18(25)27-6-28-19(13)34)4-40-45(36,37)43-17-16(39-2)12(5-41-46(38,47)44-15)42-22(17)33-7-29-14-20(33)31-23(26)32-21(14)35/h6-12,15-17,22H,3-5H2,1-2H3,(H,36,37)(H,38,47)(H2,25,27,28)(H3,26,31,32,35)/t9-,10+,11+,12-,15+,16-,17-,22-,24?,46+/m1/s1. The predicted molar refractivity (Wildman–Crippen MR) is 164 cm³/mol. The molecular formula is C24H30N10O10P2S. The van der Waals surface area contributed by atoms with Crippen molar-refractivity contribution in [1.29, 1.82) is 0 Å². The Morgan fingerprint density at radius 1 is 1.09 bits per heavy atom. The Hall–Kier alpha value is -2.97. The van der Waals surface area contributed by atoms with Gasteiger partial charge in [0, 0.05) is 18.9 Å². The Balaban J connectivity index is 1.15. The molecule has 252 valence electrons. The SMILES string of the molecule is CO[C@H]1[C@H]2OP(=O)(O)OC[C@@H]3[C@@H](O[P@@](=O)(S)OC[C@H]1O[C@H]2n1cnc2c(=O)[nH]c(N)nc21)[C@@H](C)C1(n2cnc4c(N)ncnc42)C[C@@H]31. The first-order valence-electron chi connectivity index (χ1n) is 14.5. The Morgan fingerprint density at radius 2 is 1.87 bits per heavy atom.